The summed E-state index contributed by atoms with van der Waals surface area (Å²) < 4.78 is 0. The zero-order chi connectivity index (χ0) is 23.3. The van der Waals surface area contributed by atoms with E-state index in [0.717, 1.165) is 29.7 Å². The lowest BCUT2D eigenvalue weighted by atomic mass is 9.32. The van der Waals surface area contributed by atoms with Crippen molar-refractivity contribution in [3.63, 3.8) is 0 Å². The first kappa shape index (κ1) is 23.4. The second kappa shape index (κ2) is 7.09. The molecule has 182 valence electrons. The molecule has 2 N–H and O–H groups in total. The third-order valence-corrected chi connectivity index (χ3v) is 13.7. The van der Waals surface area contributed by atoms with Crippen molar-refractivity contribution in [2.75, 3.05) is 6.61 Å². The molecule has 2 nitrogen and oxygen atoms in total. The molecule has 2 heteroatoms. The highest BCUT2D eigenvalue weighted by Crippen LogP contribution is 2.77. The molecule has 0 amide bonds. The average Bonchev–Trinajstić information content (AvgIpc) is 3.08. The van der Waals surface area contributed by atoms with Crippen molar-refractivity contribution in [1.82, 2.24) is 0 Å². The number of aliphatic hydroxyl groups is 2. The van der Waals surface area contributed by atoms with Gasteiger partial charge in [-0.1, -0.05) is 48.1 Å². The lowest BCUT2D eigenvalue weighted by Crippen LogP contribution is -2.66. The van der Waals surface area contributed by atoms with Crippen LogP contribution in [0.15, 0.2) is 12.2 Å². The number of rotatable bonds is 2. The Morgan fingerprint density at radius 1 is 0.719 bits per heavy atom. The summed E-state index contributed by atoms with van der Waals surface area (Å²) in [6.07, 6.45) is 12.7. The summed E-state index contributed by atoms with van der Waals surface area (Å²) in [6.45, 7) is 19.8. The van der Waals surface area contributed by atoms with Crippen LogP contribution in [0.2, 0.25) is 0 Å². The predicted octanol–water partition coefficient (Wildman–Crippen LogP) is 7.00. The summed E-state index contributed by atoms with van der Waals surface area (Å²) >= 11 is 0. The molecule has 5 rings (SSSR count). The molecule has 0 saturated heterocycles. The van der Waals surface area contributed by atoms with Gasteiger partial charge in [0.1, 0.15) is 0 Å². The van der Waals surface area contributed by atoms with Crippen LogP contribution in [0.1, 0.15) is 106 Å². The van der Waals surface area contributed by atoms with Crippen molar-refractivity contribution in [3.8, 4) is 0 Å². The molecule has 0 bridgehead atoms. The SMILES string of the molecule is C=C(CO)[C@@H]1CC[C@]2(C)[C@H]3CC[C@@H]4[C@@]5(C)CC[C@H](O)C(C)(C)[C@@H]5CC[C@@]4(C)[C@]3(C)CC[C@@H]12. The molecule has 32 heavy (non-hydrogen) atoms. The summed E-state index contributed by atoms with van der Waals surface area (Å²) in [5.41, 5.74) is 2.72. The quantitative estimate of drug-likeness (QED) is 0.452. The van der Waals surface area contributed by atoms with Crippen LogP contribution >= 0.6 is 0 Å². The Morgan fingerprint density at radius 2 is 1.28 bits per heavy atom. The zero-order valence-electron chi connectivity index (χ0n) is 21.8. The van der Waals surface area contributed by atoms with Crippen LogP contribution < -0.4 is 0 Å². The number of fused-ring (bicyclic) bond motifs is 7. The summed E-state index contributed by atoms with van der Waals surface area (Å²) in [5.74, 6) is 3.48. The van der Waals surface area contributed by atoms with Crippen molar-refractivity contribution >= 4 is 0 Å². The average molecular weight is 443 g/mol. The van der Waals surface area contributed by atoms with E-state index >= 15 is 0 Å². The lowest BCUT2D eigenvalue weighted by molar-refractivity contribution is -0.251. The van der Waals surface area contributed by atoms with Gasteiger partial charge in [0.05, 0.1) is 12.7 Å². The Balaban J connectivity index is 1.50. The molecule has 0 radical (unpaired) electrons. The van der Waals surface area contributed by atoms with Gasteiger partial charge in [-0.3, -0.25) is 0 Å². The number of hydrogen-bond donors (Lipinski definition) is 2. The molecule has 0 heterocycles. The molecule has 5 aliphatic rings. The molecular formula is C30H50O2. The van der Waals surface area contributed by atoms with Gasteiger partial charge in [0, 0.05) is 0 Å². The van der Waals surface area contributed by atoms with E-state index in [0.29, 0.717) is 33.5 Å². The highest BCUT2D eigenvalue weighted by molar-refractivity contribution is 5.21. The molecule has 0 aromatic rings. The van der Waals surface area contributed by atoms with Gasteiger partial charge in [-0.25, -0.2) is 0 Å². The van der Waals surface area contributed by atoms with E-state index in [4.69, 9.17) is 0 Å². The maximum absolute atomic E-state index is 10.9. The third-order valence-electron chi connectivity index (χ3n) is 13.7. The Labute approximate surface area is 197 Å². The fraction of sp³-hybridized carbons (Fsp3) is 0.933. The highest BCUT2D eigenvalue weighted by atomic mass is 16.3. The molecule has 0 aromatic carbocycles. The van der Waals surface area contributed by atoms with Gasteiger partial charge in [0.25, 0.3) is 0 Å². The smallest absolute Gasteiger partial charge is 0.0641 e. The molecular weight excluding hydrogens is 392 g/mol. The van der Waals surface area contributed by atoms with Crippen molar-refractivity contribution < 1.29 is 10.2 Å². The van der Waals surface area contributed by atoms with E-state index < -0.39 is 0 Å². The largest absolute Gasteiger partial charge is 0.393 e. The summed E-state index contributed by atoms with van der Waals surface area (Å²) in [5, 5.41) is 20.7. The standard InChI is InChI=1S/C30H50O2/c1-19(18-31)20-10-14-27(4)21(20)11-16-29(6)23(27)8-9-24-28(5)15-13-25(32)26(2,3)22(28)12-17-30(24,29)7/h20-25,31-32H,1,8-18H2,2-7H3/t20-,21-,22-,23+,24+,25-,27-,28-,29+,30+/m0/s1. The Bertz CT molecular complexity index is 786. The summed E-state index contributed by atoms with van der Waals surface area (Å²) in [7, 11) is 0. The molecule has 10 atom stereocenters. The van der Waals surface area contributed by atoms with Crippen LogP contribution in [0.5, 0.6) is 0 Å². The second-order valence-corrected chi connectivity index (χ2v) is 14.6. The summed E-state index contributed by atoms with van der Waals surface area (Å²) in [4.78, 5) is 0. The normalized spacial score (nSPS) is 56.5. The lowest BCUT2D eigenvalue weighted by Gasteiger charge is -2.73. The number of hydrogen-bond acceptors (Lipinski definition) is 2. The molecule has 5 aliphatic carbocycles. The Kier molecular flexibility index (Phi) is 5.19. The van der Waals surface area contributed by atoms with E-state index in [9.17, 15) is 10.2 Å². The fourth-order valence-electron chi connectivity index (χ4n) is 11.8. The predicted molar refractivity (Wildman–Crippen MR) is 132 cm³/mol. The topological polar surface area (TPSA) is 40.5 Å². The van der Waals surface area contributed by atoms with E-state index in [2.05, 4.69) is 48.1 Å². The molecule has 5 saturated carbocycles. The molecule has 0 unspecified atom stereocenters. The molecule has 0 spiro atoms. The third kappa shape index (κ3) is 2.66. The van der Waals surface area contributed by atoms with Gasteiger partial charge in [-0.05, 0) is 126 Å². The van der Waals surface area contributed by atoms with E-state index in [1.165, 1.54) is 57.8 Å². The first-order valence-corrected chi connectivity index (χ1v) is 13.8. The van der Waals surface area contributed by atoms with Crippen LogP contribution in [0.4, 0.5) is 0 Å². The van der Waals surface area contributed by atoms with E-state index in [-0.39, 0.29) is 18.1 Å². The minimum Gasteiger partial charge on any atom is -0.393 e. The van der Waals surface area contributed by atoms with Crippen molar-refractivity contribution in [2.24, 2.45) is 56.7 Å². The molecule has 0 aromatic heterocycles. The minimum absolute atomic E-state index is 0.0407. The molecule has 5 fully saturated rings. The summed E-state index contributed by atoms with van der Waals surface area (Å²) in [6, 6.07) is 0. The van der Waals surface area contributed by atoms with Gasteiger partial charge in [0.2, 0.25) is 0 Å². The fourth-order valence-corrected chi connectivity index (χ4v) is 11.8. The Morgan fingerprint density at radius 3 is 1.91 bits per heavy atom. The maximum Gasteiger partial charge on any atom is 0.0641 e. The van der Waals surface area contributed by atoms with Crippen LogP contribution in [-0.4, -0.2) is 22.9 Å². The van der Waals surface area contributed by atoms with Crippen LogP contribution in [-0.2, 0) is 0 Å². The van der Waals surface area contributed by atoms with Gasteiger partial charge in [-0.15, -0.1) is 0 Å². The molecule has 0 aliphatic heterocycles. The van der Waals surface area contributed by atoms with E-state index in [1.54, 1.807) is 0 Å². The van der Waals surface area contributed by atoms with Crippen LogP contribution in [0.25, 0.3) is 0 Å². The monoisotopic (exact) mass is 442 g/mol. The van der Waals surface area contributed by atoms with Gasteiger partial charge < -0.3 is 10.2 Å². The van der Waals surface area contributed by atoms with Crippen LogP contribution in [0, 0.1) is 56.7 Å². The van der Waals surface area contributed by atoms with Crippen molar-refractivity contribution in [1.29, 1.82) is 0 Å². The first-order valence-electron chi connectivity index (χ1n) is 13.8. The van der Waals surface area contributed by atoms with Crippen molar-refractivity contribution in [3.05, 3.63) is 12.2 Å². The van der Waals surface area contributed by atoms with E-state index in [1.807, 2.05) is 0 Å². The maximum atomic E-state index is 10.9. The Hall–Kier alpha value is -0.340. The number of aliphatic hydroxyl groups excluding tert-OH is 2. The minimum atomic E-state index is -0.138. The van der Waals surface area contributed by atoms with Gasteiger partial charge >= 0.3 is 0 Å². The van der Waals surface area contributed by atoms with Crippen molar-refractivity contribution in [2.45, 2.75) is 112 Å². The zero-order valence-corrected chi connectivity index (χ0v) is 21.8. The van der Waals surface area contributed by atoms with Gasteiger partial charge in [-0.2, -0.15) is 0 Å². The van der Waals surface area contributed by atoms with Gasteiger partial charge in [0.15, 0.2) is 0 Å². The highest BCUT2D eigenvalue weighted by Gasteiger charge is 2.70. The van der Waals surface area contributed by atoms with Crippen LogP contribution in [0.3, 0.4) is 0 Å². The first-order chi connectivity index (χ1) is 14.9. The second-order valence-electron chi connectivity index (χ2n) is 14.6.